The van der Waals surface area contributed by atoms with E-state index in [0.717, 1.165) is 0 Å². The van der Waals surface area contributed by atoms with Crippen molar-refractivity contribution in [1.82, 2.24) is 10.6 Å². The van der Waals surface area contributed by atoms with Gasteiger partial charge in [0.05, 0.1) is 0 Å². The minimum Gasteiger partial charge on any atom is -0.480 e. The van der Waals surface area contributed by atoms with Crippen molar-refractivity contribution >= 4 is 23.9 Å². The van der Waals surface area contributed by atoms with Gasteiger partial charge in [-0.3, -0.25) is 9.59 Å². The molecule has 3 N–H and O–H groups in total. The zero-order chi connectivity index (χ0) is 21.7. The predicted octanol–water partition coefficient (Wildman–Crippen LogP) is 2.41. The van der Waals surface area contributed by atoms with Crippen LogP contribution in [0, 0.1) is 5.92 Å². The topological polar surface area (TPSA) is 114 Å². The van der Waals surface area contributed by atoms with Gasteiger partial charge in [0.1, 0.15) is 11.7 Å². The van der Waals surface area contributed by atoms with E-state index in [0.29, 0.717) is 22.6 Å². The molecule has 1 heterocycles. The Kier molecular flexibility index (Phi) is 6.36. The Labute approximate surface area is 173 Å². The van der Waals surface area contributed by atoms with Crippen molar-refractivity contribution in [1.29, 1.82) is 0 Å². The number of amides is 2. The molecular weight excluding hydrogens is 388 g/mol. The molecule has 1 aliphatic rings. The summed E-state index contributed by atoms with van der Waals surface area (Å²) in [6.45, 7) is 3.47. The van der Waals surface area contributed by atoms with Crippen LogP contribution in [-0.2, 0) is 9.59 Å². The molecule has 2 aromatic rings. The maximum Gasteiger partial charge on any atom is 0.326 e. The van der Waals surface area contributed by atoms with Crippen LogP contribution < -0.4 is 20.1 Å². The van der Waals surface area contributed by atoms with Gasteiger partial charge in [-0.1, -0.05) is 38.1 Å². The molecule has 0 saturated carbocycles. The molecule has 0 saturated heterocycles. The molecule has 0 radical (unpaired) electrons. The minimum atomic E-state index is -1.16. The molecule has 8 heteroatoms. The van der Waals surface area contributed by atoms with Gasteiger partial charge in [-0.05, 0) is 41.8 Å². The van der Waals surface area contributed by atoms with Crippen LogP contribution in [0.2, 0.25) is 0 Å². The van der Waals surface area contributed by atoms with Crippen molar-refractivity contribution in [2.75, 3.05) is 6.79 Å². The first kappa shape index (κ1) is 20.9. The number of rotatable bonds is 7. The second-order valence-electron chi connectivity index (χ2n) is 7.02. The van der Waals surface area contributed by atoms with Crippen LogP contribution in [0.5, 0.6) is 11.5 Å². The van der Waals surface area contributed by atoms with E-state index in [1.165, 1.54) is 6.08 Å². The number of carbonyl (C=O) groups excluding carboxylic acids is 2. The number of aliphatic carboxylic acids is 1. The number of ether oxygens (including phenoxy) is 2. The third-order valence-corrected chi connectivity index (χ3v) is 4.46. The number of benzene rings is 2. The smallest absolute Gasteiger partial charge is 0.326 e. The third kappa shape index (κ3) is 4.96. The molecule has 8 nitrogen and oxygen atoms in total. The summed E-state index contributed by atoms with van der Waals surface area (Å²) in [7, 11) is 0. The molecule has 0 bridgehead atoms. The summed E-state index contributed by atoms with van der Waals surface area (Å²) < 4.78 is 10.6. The van der Waals surface area contributed by atoms with Gasteiger partial charge in [0, 0.05) is 5.56 Å². The summed E-state index contributed by atoms with van der Waals surface area (Å²) in [5.41, 5.74) is 0.851. The molecule has 2 aromatic carbocycles. The van der Waals surface area contributed by atoms with E-state index in [2.05, 4.69) is 10.6 Å². The Morgan fingerprint density at radius 3 is 2.40 bits per heavy atom. The van der Waals surface area contributed by atoms with Crippen molar-refractivity contribution in [2.24, 2.45) is 5.92 Å². The van der Waals surface area contributed by atoms with E-state index in [4.69, 9.17) is 9.47 Å². The van der Waals surface area contributed by atoms with Gasteiger partial charge in [0.2, 0.25) is 6.79 Å². The zero-order valence-corrected chi connectivity index (χ0v) is 16.5. The molecule has 1 aliphatic heterocycles. The number of fused-ring (bicyclic) bond motifs is 1. The maximum absolute atomic E-state index is 12.9. The number of carboxylic acids is 1. The van der Waals surface area contributed by atoms with Crippen LogP contribution in [-0.4, -0.2) is 35.7 Å². The van der Waals surface area contributed by atoms with E-state index in [1.54, 1.807) is 62.4 Å². The Morgan fingerprint density at radius 2 is 1.73 bits per heavy atom. The predicted molar refractivity (Wildman–Crippen MR) is 109 cm³/mol. The SMILES string of the molecule is CC(C)C(NC(=O)/C(=C\c1ccc2c(c1)OCO2)NC(=O)c1ccccc1)C(=O)O. The lowest BCUT2D eigenvalue weighted by atomic mass is 10.0. The van der Waals surface area contributed by atoms with Crippen LogP contribution in [0.15, 0.2) is 54.2 Å². The highest BCUT2D eigenvalue weighted by atomic mass is 16.7. The molecule has 2 amide bonds. The number of nitrogens with one attached hydrogen (secondary N) is 2. The lowest BCUT2D eigenvalue weighted by Crippen LogP contribution is -2.47. The Bertz CT molecular complexity index is 984. The number of hydrogen-bond donors (Lipinski definition) is 3. The van der Waals surface area contributed by atoms with Crippen molar-refractivity contribution < 1.29 is 29.0 Å². The molecule has 30 heavy (non-hydrogen) atoms. The maximum atomic E-state index is 12.9. The zero-order valence-electron chi connectivity index (χ0n) is 16.5. The van der Waals surface area contributed by atoms with Crippen molar-refractivity contribution in [3.05, 3.63) is 65.4 Å². The first-order chi connectivity index (χ1) is 14.3. The number of carbonyl (C=O) groups is 3. The lowest BCUT2D eigenvalue weighted by molar-refractivity contribution is -0.142. The first-order valence-corrected chi connectivity index (χ1v) is 9.36. The second kappa shape index (κ2) is 9.13. The van der Waals surface area contributed by atoms with Crippen LogP contribution in [0.25, 0.3) is 6.08 Å². The van der Waals surface area contributed by atoms with E-state index >= 15 is 0 Å². The molecule has 156 valence electrons. The number of hydrogen-bond acceptors (Lipinski definition) is 5. The van der Waals surface area contributed by atoms with Gasteiger partial charge in [-0.2, -0.15) is 0 Å². The molecule has 0 spiro atoms. The van der Waals surface area contributed by atoms with Crippen LogP contribution in [0.4, 0.5) is 0 Å². The normalized spacial score (nSPS) is 13.6. The van der Waals surface area contributed by atoms with E-state index in [1.807, 2.05) is 0 Å². The van der Waals surface area contributed by atoms with Gasteiger partial charge in [-0.15, -0.1) is 0 Å². The molecule has 0 aliphatic carbocycles. The van der Waals surface area contributed by atoms with Gasteiger partial charge >= 0.3 is 5.97 Å². The fraction of sp³-hybridized carbons (Fsp3) is 0.227. The fourth-order valence-corrected chi connectivity index (χ4v) is 2.84. The summed E-state index contributed by atoms with van der Waals surface area (Å²) in [6, 6.07) is 12.4. The highest BCUT2D eigenvalue weighted by Gasteiger charge is 2.26. The highest BCUT2D eigenvalue weighted by molar-refractivity contribution is 6.06. The average Bonchev–Trinajstić information content (AvgIpc) is 3.19. The van der Waals surface area contributed by atoms with Gasteiger partial charge in [0.15, 0.2) is 11.5 Å². The summed E-state index contributed by atoms with van der Waals surface area (Å²) in [4.78, 5) is 36.9. The standard InChI is InChI=1S/C22H22N2O6/c1-13(2)19(22(27)28)24-21(26)16(23-20(25)15-6-4-3-5-7-15)10-14-8-9-17-18(11-14)30-12-29-17/h3-11,13,19H,12H2,1-2H3,(H,23,25)(H,24,26)(H,27,28)/b16-10+. The highest BCUT2D eigenvalue weighted by Crippen LogP contribution is 2.33. The van der Waals surface area contributed by atoms with Crippen LogP contribution in [0.1, 0.15) is 29.8 Å². The molecule has 1 unspecified atom stereocenters. The summed E-state index contributed by atoms with van der Waals surface area (Å²) >= 11 is 0. The lowest BCUT2D eigenvalue weighted by Gasteiger charge is -2.19. The second-order valence-corrected chi connectivity index (χ2v) is 7.02. The first-order valence-electron chi connectivity index (χ1n) is 9.36. The Morgan fingerprint density at radius 1 is 1.03 bits per heavy atom. The molecule has 0 fully saturated rings. The summed E-state index contributed by atoms with van der Waals surface area (Å²) in [6.07, 6.45) is 1.46. The Hall–Kier alpha value is -3.81. The van der Waals surface area contributed by atoms with Gasteiger partial charge in [-0.25, -0.2) is 4.79 Å². The average molecular weight is 410 g/mol. The summed E-state index contributed by atoms with van der Waals surface area (Å²) in [5.74, 6) is -1.61. The molecule has 1 atom stereocenters. The third-order valence-electron chi connectivity index (χ3n) is 4.46. The van der Waals surface area contributed by atoms with Crippen molar-refractivity contribution in [3.63, 3.8) is 0 Å². The molecule has 0 aromatic heterocycles. The monoisotopic (exact) mass is 410 g/mol. The van der Waals surface area contributed by atoms with E-state index in [-0.39, 0.29) is 18.4 Å². The Balaban J connectivity index is 1.90. The van der Waals surface area contributed by atoms with Crippen molar-refractivity contribution in [2.45, 2.75) is 19.9 Å². The van der Waals surface area contributed by atoms with E-state index in [9.17, 15) is 19.5 Å². The molecule has 3 rings (SSSR count). The van der Waals surface area contributed by atoms with Gasteiger partial charge in [0.25, 0.3) is 11.8 Å². The van der Waals surface area contributed by atoms with Crippen LogP contribution >= 0.6 is 0 Å². The van der Waals surface area contributed by atoms with E-state index < -0.39 is 23.8 Å². The minimum absolute atomic E-state index is 0.0883. The van der Waals surface area contributed by atoms with Gasteiger partial charge < -0.3 is 25.2 Å². The summed E-state index contributed by atoms with van der Waals surface area (Å²) in [5, 5.41) is 14.4. The quantitative estimate of drug-likeness (QED) is 0.604. The van der Waals surface area contributed by atoms with Crippen molar-refractivity contribution in [3.8, 4) is 11.5 Å². The fourth-order valence-electron chi connectivity index (χ4n) is 2.84. The van der Waals surface area contributed by atoms with Crippen LogP contribution in [0.3, 0.4) is 0 Å². The number of carboxylic acid groups (broad SMARTS) is 1. The largest absolute Gasteiger partial charge is 0.480 e. The molecular formula is C22H22N2O6.